The molecule has 4 aromatic carbocycles. The van der Waals surface area contributed by atoms with Gasteiger partial charge in [-0.25, -0.2) is 4.98 Å². The van der Waals surface area contributed by atoms with Crippen LogP contribution in [0.3, 0.4) is 0 Å². The van der Waals surface area contributed by atoms with Gasteiger partial charge < -0.3 is 18.6 Å². The molecule has 1 heterocycles. The van der Waals surface area contributed by atoms with Gasteiger partial charge >= 0.3 is 11.9 Å². The number of carbonyl (C=O) groups excluding carboxylic acids is 2. The second-order valence-electron chi connectivity index (χ2n) is 9.71. The van der Waals surface area contributed by atoms with Gasteiger partial charge in [-0.15, -0.1) is 0 Å². The summed E-state index contributed by atoms with van der Waals surface area (Å²) in [6.07, 6.45) is 0.713. The number of ether oxygens (including phenoxy) is 3. The van der Waals surface area contributed by atoms with Crippen molar-refractivity contribution in [3.8, 4) is 23.0 Å². The lowest BCUT2D eigenvalue weighted by Gasteiger charge is -2.16. The number of hydrogen-bond acceptors (Lipinski definition) is 7. The Morgan fingerprint density at radius 2 is 1.38 bits per heavy atom. The Labute approximate surface area is 244 Å². The van der Waals surface area contributed by atoms with Crippen LogP contribution in [-0.2, 0) is 33.8 Å². The van der Waals surface area contributed by atoms with Gasteiger partial charge in [-0.1, -0.05) is 78.9 Å². The SMILES string of the molecule is Cc1oc(-c2ccccc2)nc1CCOc1ccc(CC(C(=O)OCc2ccccc2)C(=O)Oc2ccccc2)cc1. The molecule has 0 N–H and O–H groups in total. The minimum Gasteiger partial charge on any atom is -0.493 e. The molecule has 5 aromatic rings. The molecule has 212 valence electrons. The van der Waals surface area contributed by atoms with Crippen LogP contribution in [0.2, 0.25) is 0 Å². The van der Waals surface area contributed by atoms with E-state index < -0.39 is 17.9 Å². The average molecular weight is 562 g/mol. The number of esters is 2. The molecule has 1 atom stereocenters. The second kappa shape index (κ2) is 13.9. The summed E-state index contributed by atoms with van der Waals surface area (Å²) in [5, 5.41) is 0. The van der Waals surface area contributed by atoms with Crippen molar-refractivity contribution >= 4 is 11.9 Å². The van der Waals surface area contributed by atoms with Crippen molar-refractivity contribution in [3.63, 3.8) is 0 Å². The maximum absolute atomic E-state index is 13.1. The minimum absolute atomic E-state index is 0.0689. The summed E-state index contributed by atoms with van der Waals surface area (Å²) in [5.41, 5.74) is 3.38. The molecular weight excluding hydrogens is 530 g/mol. The molecule has 0 spiro atoms. The summed E-state index contributed by atoms with van der Waals surface area (Å²) in [4.78, 5) is 30.7. The van der Waals surface area contributed by atoms with Crippen LogP contribution < -0.4 is 9.47 Å². The van der Waals surface area contributed by atoms with Crippen LogP contribution in [0.5, 0.6) is 11.5 Å². The van der Waals surface area contributed by atoms with E-state index in [4.69, 9.17) is 18.6 Å². The third kappa shape index (κ3) is 7.73. The molecule has 0 saturated carbocycles. The third-order valence-corrected chi connectivity index (χ3v) is 6.64. The van der Waals surface area contributed by atoms with Crippen molar-refractivity contribution in [3.05, 3.63) is 138 Å². The predicted molar refractivity (Wildman–Crippen MR) is 158 cm³/mol. The molecule has 42 heavy (non-hydrogen) atoms. The van der Waals surface area contributed by atoms with Crippen molar-refractivity contribution in [1.29, 1.82) is 0 Å². The highest BCUT2D eigenvalue weighted by molar-refractivity contribution is 5.96. The number of carbonyl (C=O) groups is 2. The summed E-state index contributed by atoms with van der Waals surface area (Å²) < 4.78 is 22.8. The van der Waals surface area contributed by atoms with E-state index in [1.54, 1.807) is 24.3 Å². The molecule has 0 amide bonds. The molecule has 0 aliphatic carbocycles. The van der Waals surface area contributed by atoms with Gasteiger partial charge in [-0.3, -0.25) is 9.59 Å². The topological polar surface area (TPSA) is 87.9 Å². The molecular formula is C35H31NO6. The fourth-order valence-corrected chi connectivity index (χ4v) is 4.36. The molecule has 0 fully saturated rings. The Morgan fingerprint density at radius 3 is 2.07 bits per heavy atom. The monoisotopic (exact) mass is 561 g/mol. The van der Waals surface area contributed by atoms with Gasteiger partial charge in [0.2, 0.25) is 5.89 Å². The summed E-state index contributed by atoms with van der Waals surface area (Å²) in [6.45, 7) is 2.38. The zero-order valence-corrected chi connectivity index (χ0v) is 23.3. The number of nitrogens with zero attached hydrogens (tertiary/aromatic N) is 1. The van der Waals surface area contributed by atoms with Gasteiger partial charge in [0.1, 0.15) is 23.9 Å². The van der Waals surface area contributed by atoms with E-state index >= 15 is 0 Å². The fourth-order valence-electron chi connectivity index (χ4n) is 4.36. The van der Waals surface area contributed by atoms with Crippen LogP contribution >= 0.6 is 0 Å². The maximum Gasteiger partial charge on any atom is 0.326 e. The van der Waals surface area contributed by atoms with Crippen LogP contribution in [0, 0.1) is 12.8 Å². The Morgan fingerprint density at radius 1 is 0.738 bits per heavy atom. The van der Waals surface area contributed by atoms with Crippen molar-refractivity contribution < 1.29 is 28.2 Å². The first-order chi connectivity index (χ1) is 20.5. The molecule has 0 aliphatic rings. The van der Waals surface area contributed by atoms with Gasteiger partial charge in [-0.2, -0.15) is 0 Å². The Hall–Kier alpha value is -5.17. The van der Waals surface area contributed by atoms with Crippen molar-refractivity contribution in [2.45, 2.75) is 26.4 Å². The zero-order chi connectivity index (χ0) is 29.1. The first-order valence-corrected chi connectivity index (χ1v) is 13.8. The largest absolute Gasteiger partial charge is 0.493 e. The highest BCUT2D eigenvalue weighted by Crippen LogP contribution is 2.23. The molecule has 7 heteroatoms. The third-order valence-electron chi connectivity index (χ3n) is 6.64. The first-order valence-electron chi connectivity index (χ1n) is 13.8. The number of benzene rings is 4. The molecule has 0 aliphatic heterocycles. The number of para-hydroxylation sites is 1. The Bertz CT molecular complexity index is 1580. The van der Waals surface area contributed by atoms with Crippen LogP contribution in [0.1, 0.15) is 22.6 Å². The molecule has 1 aromatic heterocycles. The summed E-state index contributed by atoms with van der Waals surface area (Å²) in [6, 6.07) is 35.1. The Kier molecular flexibility index (Phi) is 9.42. The zero-order valence-electron chi connectivity index (χ0n) is 23.3. The van der Waals surface area contributed by atoms with E-state index in [0.717, 1.165) is 28.1 Å². The Balaban J connectivity index is 1.19. The molecule has 5 rings (SSSR count). The van der Waals surface area contributed by atoms with E-state index in [-0.39, 0.29) is 13.0 Å². The summed E-state index contributed by atoms with van der Waals surface area (Å²) in [5.74, 6) is -0.0517. The van der Waals surface area contributed by atoms with Crippen molar-refractivity contribution in [1.82, 2.24) is 4.98 Å². The standard InChI is InChI=1S/C35H31NO6/c1-25-32(36-33(41-25)28-13-7-3-8-14-28)21-22-39-29-19-17-26(18-20-29)23-31(35(38)42-30-15-9-4-10-16-30)34(37)40-24-27-11-5-2-6-12-27/h2-20,31H,21-24H2,1H3. The van der Waals surface area contributed by atoms with Crippen molar-refractivity contribution in [2.24, 2.45) is 5.92 Å². The van der Waals surface area contributed by atoms with Gasteiger partial charge in [0.15, 0.2) is 5.92 Å². The van der Waals surface area contributed by atoms with Crippen LogP contribution in [0.15, 0.2) is 120 Å². The second-order valence-corrected chi connectivity index (χ2v) is 9.71. The lowest BCUT2D eigenvalue weighted by Crippen LogP contribution is -2.31. The molecule has 1 unspecified atom stereocenters. The highest BCUT2D eigenvalue weighted by Gasteiger charge is 2.31. The van der Waals surface area contributed by atoms with E-state index in [9.17, 15) is 9.59 Å². The van der Waals surface area contributed by atoms with E-state index in [1.165, 1.54) is 0 Å². The van der Waals surface area contributed by atoms with E-state index in [1.807, 2.05) is 97.9 Å². The predicted octanol–water partition coefficient (Wildman–Crippen LogP) is 6.78. The van der Waals surface area contributed by atoms with E-state index in [0.29, 0.717) is 30.4 Å². The number of aromatic nitrogens is 1. The molecule has 0 bridgehead atoms. The number of oxazole rings is 1. The first kappa shape index (κ1) is 28.4. The minimum atomic E-state index is -1.13. The number of rotatable bonds is 12. The fraction of sp³-hybridized carbons (Fsp3) is 0.171. The van der Waals surface area contributed by atoms with E-state index in [2.05, 4.69) is 4.98 Å². The lowest BCUT2D eigenvalue weighted by atomic mass is 9.99. The number of hydrogen-bond donors (Lipinski definition) is 0. The average Bonchev–Trinajstić information content (AvgIpc) is 3.41. The highest BCUT2D eigenvalue weighted by atomic mass is 16.6. The van der Waals surface area contributed by atoms with Crippen LogP contribution in [-0.4, -0.2) is 23.5 Å². The summed E-state index contributed by atoms with van der Waals surface area (Å²) in [7, 11) is 0. The normalized spacial score (nSPS) is 11.5. The van der Waals surface area contributed by atoms with Crippen LogP contribution in [0.25, 0.3) is 11.5 Å². The van der Waals surface area contributed by atoms with Crippen molar-refractivity contribution in [2.75, 3.05) is 6.61 Å². The lowest BCUT2D eigenvalue weighted by molar-refractivity contribution is -0.158. The number of aryl methyl sites for hydroxylation is 1. The maximum atomic E-state index is 13.1. The smallest absolute Gasteiger partial charge is 0.326 e. The molecule has 0 radical (unpaired) electrons. The van der Waals surface area contributed by atoms with Gasteiger partial charge in [-0.05, 0) is 60.9 Å². The van der Waals surface area contributed by atoms with Gasteiger partial charge in [0.25, 0.3) is 0 Å². The van der Waals surface area contributed by atoms with Gasteiger partial charge in [0, 0.05) is 12.0 Å². The van der Waals surface area contributed by atoms with Gasteiger partial charge in [0.05, 0.1) is 12.3 Å². The molecule has 0 saturated heterocycles. The summed E-state index contributed by atoms with van der Waals surface area (Å²) >= 11 is 0. The quantitative estimate of drug-likeness (QED) is 0.0943. The molecule has 7 nitrogen and oxygen atoms in total. The van der Waals surface area contributed by atoms with Crippen LogP contribution in [0.4, 0.5) is 0 Å².